The predicted octanol–water partition coefficient (Wildman–Crippen LogP) is 3.05. The number of rotatable bonds is 4. The van der Waals surface area contributed by atoms with Crippen LogP contribution >= 0.6 is 12.4 Å². The molecule has 0 saturated carbocycles. The van der Waals surface area contributed by atoms with Gasteiger partial charge in [-0.2, -0.15) is 4.98 Å². The fourth-order valence-electron chi connectivity index (χ4n) is 1.74. The highest BCUT2D eigenvalue weighted by Crippen LogP contribution is 2.18. The van der Waals surface area contributed by atoms with Gasteiger partial charge in [0.05, 0.1) is 6.04 Å². The number of hydrogen-bond acceptors (Lipinski definition) is 4. The van der Waals surface area contributed by atoms with Gasteiger partial charge in [-0.15, -0.1) is 12.4 Å². The Morgan fingerprint density at radius 1 is 1.26 bits per heavy atom. The van der Waals surface area contributed by atoms with E-state index in [1.807, 2.05) is 26.0 Å². The summed E-state index contributed by atoms with van der Waals surface area (Å²) in [5, 5.41) is 3.99. The summed E-state index contributed by atoms with van der Waals surface area (Å²) in [6.07, 6.45) is 0.682. The lowest BCUT2D eigenvalue weighted by molar-refractivity contribution is 0.322. The summed E-state index contributed by atoms with van der Waals surface area (Å²) in [6.45, 7) is 6.15. The van der Waals surface area contributed by atoms with Gasteiger partial charge in [0.1, 0.15) is 0 Å². The van der Waals surface area contributed by atoms with Crippen LogP contribution in [-0.4, -0.2) is 10.1 Å². The summed E-state index contributed by atoms with van der Waals surface area (Å²) in [7, 11) is 0. The van der Waals surface area contributed by atoms with Crippen molar-refractivity contribution in [3.63, 3.8) is 0 Å². The molecule has 0 spiro atoms. The summed E-state index contributed by atoms with van der Waals surface area (Å²) in [5.74, 6) is 1.50. The summed E-state index contributed by atoms with van der Waals surface area (Å²) in [5.41, 5.74) is 8.42. The number of benzene rings is 1. The SMILES string of the molecule is Cc1ccccc1Cc1noc([C@H](N)C(C)C)n1.Cl. The molecule has 104 valence electrons. The number of nitrogens with two attached hydrogens (primary N) is 1. The quantitative estimate of drug-likeness (QED) is 0.935. The first-order valence-corrected chi connectivity index (χ1v) is 6.20. The Bertz CT molecular complexity index is 525. The molecule has 1 heterocycles. The molecule has 0 saturated heterocycles. The zero-order chi connectivity index (χ0) is 13.1. The van der Waals surface area contributed by atoms with Crippen LogP contribution in [0.1, 0.15) is 42.7 Å². The number of halogens is 1. The molecule has 1 aromatic carbocycles. The largest absolute Gasteiger partial charge is 0.338 e. The molecule has 1 aromatic heterocycles. The molecule has 5 heteroatoms. The smallest absolute Gasteiger partial charge is 0.243 e. The second kappa shape index (κ2) is 6.68. The minimum atomic E-state index is -0.192. The molecule has 4 nitrogen and oxygen atoms in total. The second-order valence-corrected chi connectivity index (χ2v) is 4.92. The fourth-order valence-corrected chi connectivity index (χ4v) is 1.74. The topological polar surface area (TPSA) is 64.9 Å². The average molecular weight is 282 g/mol. The molecular formula is C14H20ClN3O. The van der Waals surface area contributed by atoms with E-state index in [1.165, 1.54) is 11.1 Å². The standard InChI is InChI=1S/C14H19N3O.ClH/c1-9(2)13(15)14-16-12(17-18-14)8-11-7-5-4-6-10(11)3;/h4-7,9,13H,8,15H2,1-3H3;1H/t13-;/m1./s1. The molecule has 1 atom stereocenters. The molecule has 0 aliphatic rings. The van der Waals surface area contributed by atoms with Gasteiger partial charge in [0.2, 0.25) is 5.89 Å². The summed E-state index contributed by atoms with van der Waals surface area (Å²) >= 11 is 0. The zero-order valence-corrected chi connectivity index (χ0v) is 12.3. The van der Waals surface area contributed by atoms with Crippen molar-refractivity contribution in [3.8, 4) is 0 Å². The predicted molar refractivity (Wildman–Crippen MR) is 77.3 cm³/mol. The van der Waals surface area contributed by atoms with Crippen LogP contribution in [0.3, 0.4) is 0 Å². The van der Waals surface area contributed by atoms with Gasteiger partial charge in [-0.1, -0.05) is 43.3 Å². The Hall–Kier alpha value is -1.39. The molecule has 2 rings (SSSR count). The monoisotopic (exact) mass is 281 g/mol. The third kappa shape index (κ3) is 3.78. The van der Waals surface area contributed by atoms with Crippen molar-refractivity contribution in [2.75, 3.05) is 0 Å². The Morgan fingerprint density at radius 2 is 1.95 bits per heavy atom. The Morgan fingerprint density at radius 3 is 2.58 bits per heavy atom. The normalized spacial score (nSPS) is 12.3. The minimum Gasteiger partial charge on any atom is -0.338 e. The number of hydrogen-bond donors (Lipinski definition) is 1. The van der Waals surface area contributed by atoms with E-state index < -0.39 is 0 Å². The van der Waals surface area contributed by atoms with Crippen LogP contribution in [-0.2, 0) is 6.42 Å². The van der Waals surface area contributed by atoms with E-state index in [2.05, 4.69) is 29.2 Å². The first-order valence-electron chi connectivity index (χ1n) is 6.20. The lowest BCUT2D eigenvalue weighted by Gasteiger charge is -2.09. The third-order valence-corrected chi connectivity index (χ3v) is 3.10. The zero-order valence-electron chi connectivity index (χ0n) is 11.5. The second-order valence-electron chi connectivity index (χ2n) is 4.92. The third-order valence-electron chi connectivity index (χ3n) is 3.10. The van der Waals surface area contributed by atoms with Crippen molar-refractivity contribution in [2.24, 2.45) is 11.7 Å². The van der Waals surface area contributed by atoms with Crippen LogP contribution in [0, 0.1) is 12.8 Å². The van der Waals surface area contributed by atoms with Crippen molar-refractivity contribution in [1.29, 1.82) is 0 Å². The molecule has 0 aliphatic heterocycles. The van der Waals surface area contributed by atoms with Crippen LogP contribution in [0.4, 0.5) is 0 Å². The van der Waals surface area contributed by atoms with Crippen molar-refractivity contribution < 1.29 is 4.52 Å². The Balaban J connectivity index is 0.00000180. The highest BCUT2D eigenvalue weighted by Gasteiger charge is 2.18. The van der Waals surface area contributed by atoms with Crippen LogP contribution in [0.15, 0.2) is 28.8 Å². The highest BCUT2D eigenvalue weighted by atomic mass is 35.5. The van der Waals surface area contributed by atoms with E-state index in [0.717, 1.165) is 0 Å². The summed E-state index contributed by atoms with van der Waals surface area (Å²) in [4.78, 5) is 4.37. The summed E-state index contributed by atoms with van der Waals surface area (Å²) in [6, 6.07) is 8.01. The van der Waals surface area contributed by atoms with Gasteiger partial charge in [0, 0.05) is 6.42 Å². The van der Waals surface area contributed by atoms with Crippen molar-refractivity contribution >= 4 is 12.4 Å². The molecule has 0 bridgehead atoms. The molecular weight excluding hydrogens is 262 g/mol. The molecule has 19 heavy (non-hydrogen) atoms. The molecule has 2 aromatic rings. The number of nitrogens with zero attached hydrogens (tertiary/aromatic N) is 2. The number of aryl methyl sites for hydroxylation is 1. The highest BCUT2D eigenvalue weighted by molar-refractivity contribution is 5.85. The van der Waals surface area contributed by atoms with E-state index in [-0.39, 0.29) is 24.4 Å². The summed E-state index contributed by atoms with van der Waals surface area (Å²) < 4.78 is 5.21. The maximum absolute atomic E-state index is 5.98. The maximum Gasteiger partial charge on any atom is 0.243 e. The van der Waals surface area contributed by atoms with Gasteiger partial charge in [-0.05, 0) is 24.0 Å². The van der Waals surface area contributed by atoms with Gasteiger partial charge in [0.15, 0.2) is 5.82 Å². The van der Waals surface area contributed by atoms with Crippen LogP contribution in [0.5, 0.6) is 0 Å². The lowest BCUT2D eigenvalue weighted by Crippen LogP contribution is -2.17. The first-order chi connectivity index (χ1) is 8.58. The number of aromatic nitrogens is 2. The Kier molecular flexibility index (Phi) is 5.51. The van der Waals surface area contributed by atoms with E-state index in [1.54, 1.807) is 0 Å². The van der Waals surface area contributed by atoms with Gasteiger partial charge in [0.25, 0.3) is 0 Å². The maximum atomic E-state index is 5.98. The first kappa shape index (κ1) is 15.7. The molecule has 0 unspecified atom stereocenters. The van der Waals surface area contributed by atoms with Gasteiger partial charge >= 0.3 is 0 Å². The van der Waals surface area contributed by atoms with Crippen LogP contribution < -0.4 is 5.73 Å². The minimum absolute atomic E-state index is 0. The van der Waals surface area contributed by atoms with Crippen molar-refractivity contribution in [1.82, 2.24) is 10.1 Å². The van der Waals surface area contributed by atoms with Crippen LogP contribution in [0.2, 0.25) is 0 Å². The molecule has 0 amide bonds. The van der Waals surface area contributed by atoms with Crippen molar-refractivity contribution in [3.05, 3.63) is 47.1 Å². The van der Waals surface area contributed by atoms with Gasteiger partial charge < -0.3 is 10.3 Å². The Labute approximate surface area is 119 Å². The molecule has 0 fully saturated rings. The van der Waals surface area contributed by atoms with Gasteiger partial charge in [-0.3, -0.25) is 0 Å². The van der Waals surface area contributed by atoms with Crippen molar-refractivity contribution in [2.45, 2.75) is 33.2 Å². The molecule has 0 radical (unpaired) electrons. The van der Waals surface area contributed by atoms with E-state index in [0.29, 0.717) is 18.1 Å². The average Bonchev–Trinajstić information content (AvgIpc) is 2.79. The fraction of sp³-hybridized carbons (Fsp3) is 0.429. The lowest BCUT2D eigenvalue weighted by atomic mass is 10.1. The van der Waals surface area contributed by atoms with Crippen LogP contribution in [0.25, 0.3) is 0 Å². The molecule has 2 N–H and O–H groups in total. The van der Waals surface area contributed by atoms with E-state index in [4.69, 9.17) is 10.3 Å². The molecule has 0 aliphatic carbocycles. The van der Waals surface area contributed by atoms with E-state index >= 15 is 0 Å². The van der Waals surface area contributed by atoms with E-state index in [9.17, 15) is 0 Å². The van der Waals surface area contributed by atoms with Gasteiger partial charge in [-0.25, -0.2) is 0 Å².